The normalized spacial score (nSPS) is 14.0. The van der Waals surface area contributed by atoms with Crippen LogP contribution in [0.1, 0.15) is 18.4 Å². The zero-order valence-electron chi connectivity index (χ0n) is 12.5. The number of benzene rings is 1. The molecule has 0 radical (unpaired) electrons. The molecule has 1 aliphatic rings. The standard InChI is InChI=1S/C17H16BrN5/c18-13-6-1-2-7-15(13)23-17-12(5-3-4-8-21-17)16(22-23)14-11-19-9-10-20-14/h1-2,6-7,9-11,21H,3-5,8H2. The first kappa shape index (κ1) is 14.4. The molecule has 0 spiro atoms. The predicted molar refractivity (Wildman–Crippen MR) is 93.7 cm³/mol. The van der Waals surface area contributed by atoms with Crippen LogP contribution in [0.5, 0.6) is 0 Å². The quantitative estimate of drug-likeness (QED) is 0.745. The molecule has 3 heterocycles. The summed E-state index contributed by atoms with van der Waals surface area (Å²) in [4.78, 5) is 8.63. The van der Waals surface area contributed by atoms with Crippen molar-refractivity contribution < 1.29 is 0 Å². The maximum absolute atomic E-state index is 4.86. The molecule has 1 aromatic carbocycles. The van der Waals surface area contributed by atoms with Crippen LogP contribution in [0.15, 0.2) is 47.3 Å². The fraction of sp³-hybridized carbons (Fsp3) is 0.235. The van der Waals surface area contributed by atoms with E-state index in [0.717, 1.165) is 53.2 Å². The molecule has 1 N–H and O–H groups in total. The summed E-state index contributed by atoms with van der Waals surface area (Å²) in [5.74, 6) is 1.06. The third-order valence-electron chi connectivity index (χ3n) is 4.02. The minimum Gasteiger partial charge on any atom is -0.370 e. The third kappa shape index (κ3) is 2.63. The molecule has 0 aliphatic carbocycles. The lowest BCUT2D eigenvalue weighted by Crippen LogP contribution is -2.07. The van der Waals surface area contributed by atoms with Crippen LogP contribution < -0.4 is 5.32 Å². The predicted octanol–water partition coefficient (Wildman–Crippen LogP) is 3.84. The molecular weight excluding hydrogens is 354 g/mol. The summed E-state index contributed by atoms with van der Waals surface area (Å²) in [6.07, 6.45) is 8.48. The van der Waals surface area contributed by atoms with E-state index in [0.29, 0.717) is 0 Å². The number of nitrogens with zero attached hydrogens (tertiary/aromatic N) is 4. The van der Waals surface area contributed by atoms with Crippen molar-refractivity contribution >= 4 is 21.7 Å². The summed E-state index contributed by atoms with van der Waals surface area (Å²) in [6.45, 7) is 0.961. The Hall–Kier alpha value is -2.21. The van der Waals surface area contributed by atoms with Gasteiger partial charge in [-0.05, 0) is 47.3 Å². The number of aromatic nitrogens is 4. The Morgan fingerprint density at radius 1 is 1.13 bits per heavy atom. The molecule has 2 aromatic heterocycles. The van der Waals surface area contributed by atoms with Gasteiger partial charge in [-0.2, -0.15) is 5.10 Å². The minimum absolute atomic E-state index is 0.818. The average Bonchev–Trinajstić information content (AvgIpc) is 2.78. The van der Waals surface area contributed by atoms with Crippen LogP contribution >= 0.6 is 15.9 Å². The number of halogens is 1. The molecule has 0 saturated heterocycles. The Kier molecular flexibility index (Phi) is 3.83. The monoisotopic (exact) mass is 369 g/mol. The van der Waals surface area contributed by atoms with Crippen molar-refractivity contribution in [2.24, 2.45) is 0 Å². The van der Waals surface area contributed by atoms with Crippen LogP contribution in [-0.2, 0) is 6.42 Å². The largest absolute Gasteiger partial charge is 0.370 e. The van der Waals surface area contributed by atoms with Gasteiger partial charge in [0, 0.05) is 29.0 Å². The van der Waals surface area contributed by atoms with Crippen molar-refractivity contribution in [2.75, 3.05) is 11.9 Å². The van der Waals surface area contributed by atoms with Gasteiger partial charge in [-0.15, -0.1) is 0 Å². The summed E-state index contributed by atoms with van der Waals surface area (Å²) >= 11 is 3.63. The summed E-state index contributed by atoms with van der Waals surface area (Å²) in [7, 11) is 0. The molecular formula is C17H16BrN5. The molecule has 116 valence electrons. The van der Waals surface area contributed by atoms with E-state index in [9.17, 15) is 0 Å². The minimum atomic E-state index is 0.818. The molecule has 1 aliphatic heterocycles. The van der Waals surface area contributed by atoms with E-state index >= 15 is 0 Å². The van der Waals surface area contributed by atoms with E-state index in [4.69, 9.17) is 5.10 Å². The maximum Gasteiger partial charge on any atom is 0.133 e. The van der Waals surface area contributed by atoms with Gasteiger partial charge in [-0.1, -0.05) is 12.1 Å². The molecule has 0 saturated carbocycles. The summed E-state index contributed by atoms with van der Waals surface area (Å²) < 4.78 is 3.00. The van der Waals surface area contributed by atoms with Crippen LogP contribution in [0.3, 0.4) is 0 Å². The molecule has 0 unspecified atom stereocenters. The second-order valence-electron chi connectivity index (χ2n) is 5.51. The highest BCUT2D eigenvalue weighted by molar-refractivity contribution is 9.10. The SMILES string of the molecule is Brc1ccccc1-n1nc(-c2cnccn2)c2c1NCCCC2. The highest BCUT2D eigenvalue weighted by Crippen LogP contribution is 2.34. The van der Waals surface area contributed by atoms with Crippen LogP contribution in [0.4, 0.5) is 5.82 Å². The smallest absolute Gasteiger partial charge is 0.133 e. The van der Waals surface area contributed by atoms with Gasteiger partial charge in [0.05, 0.1) is 11.9 Å². The summed E-state index contributed by atoms with van der Waals surface area (Å²) in [5.41, 5.74) is 3.98. The van der Waals surface area contributed by atoms with Crippen LogP contribution in [0, 0.1) is 0 Å². The second kappa shape index (κ2) is 6.12. The second-order valence-corrected chi connectivity index (χ2v) is 6.37. The lowest BCUT2D eigenvalue weighted by molar-refractivity contribution is 0.779. The molecule has 0 atom stereocenters. The molecule has 23 heavy (non-hydrogen) atoms. The fourth-order valence-electron chi connectivity index (χ4n) is 2.93. The van der Waals surface area contributed by atoms with Gasteiger partial charge in [0.15, 0.2) is 0 Å². The summed E-state index contributed by atoms with van der Waals surface area (Å²) in [5, 5.41) is 8.40. The van der Waals surface area contributed by atoms with E-state index in [1.807, 2.05) is 22.9 Å². The van der Waals surface area contributed by atoms with Gasteiger partial charge in [0.25, 0.3) is 0 Å². The van der Waals surface area contributed by atoms with Gasteiger partial charge >= 0.3 is 0 Å². The van der Waals surface area contributed by atoms with E-state index in [-0.39, 0.29) is 0 Å². The van der Waals surface area contributed by atoms with Crippen LogP contribution in [0.25, 0.3) is 17.1 Å². The van der Waals surface area contributed by atoms with E-state index in [2.05, 4.69) is 37.3 Å². The Bertz CT molecular complexity index is 828. The summed E-state index contributed by atoms with van der Waals surface area (Å²) in [6, 6.07) is 8.12. The van der Waals surface area contributed by atoms with Crippen LogP contribution in [-0.4, -0.2) is 26.3 Å². The van der Waals surface area contributed by atoms with E-state index < -0.39 is 0 Å². The number of para-hydroxylation sites is 1. The zero-order chi connectivity index (χ0) is 15.6. The average molecular weight is 370 g/mol. The van der Waals surface area contributed by atoms with Gasteiger partial charge in [-0.3, -0.25) is 9.97 Å². The first-order chi connectivity index (χ1) is 11.3. The number of hydrogen-bond acceptors (Lipinski definition) is 4. The molecule has 6 heteroatoms. The number of fused-ring (bicyclic) bond motifs is 1. The number of nitrogens with one attached hydrogen (secondary N) is 1. The fourth-order valence-corrected chi connectivity index (χ4v) is 3.38. The molecule has 4 rings (SSSR count). The van der Waals surface area contributed by atoms with Crippen molar-refractivity contribution in [3.8, 4) is 17.1 Å². The van der Waals surface area contributed by atoms with Crippen molar-refractivity contribution in [1.29, 1.82) is 0 Å². The van der Waals surface area contributed by atoms with Crippen molar-refractivity contribution in [3.05, 3.63) is 52.9 Å². The van der Waals surface area contributed by atoms with Gasteiger partial charge < -0.3 is 5.32 Å². The Morgan fingerprint density at radius 3 is 2.87 bits per heavy atom. The van der Waals surface area contributed by atoms with Gasteiger partial charge in [-0.25, -0.2) is 4.68 Å². The highest BCUT2D eigenvalue weighted by atomic mass is 79.9. The highest BCUT2D eigenvalue weighted by Gasteiger charge is 2.23. The first-order valence-corrected chi connectivity index (χ1v) is 8.51. The first-order valence-electron chi connectivity index (χ1n) is 7.71. The third-order valence-corrected chi connectivity index (χ3v) is 4.69. The van der Waals surface area contributed by atoms with Crippen molar-refractivity contribution in [2.45, 2.75) is 19.3 Å². The van der Waals surface area contributed by atoms with Gasteiger partial charge in [0.2, 0.25) is 0 Å². The van der Waals surface area contributed by atoms with Crippen molar-refractivity contribution in [1.82, 2.24) is 19.7 Å². The molecule has 0 fully saturated rings. The Labute approximate surface area is 142 Å². The van der Waals surface area contributed by atoms with Gasteiger partial charge in [0.1, 0.15) is 17.2 Å². The number of rotatable bonds is 2. The number of hydrogen-bond donors (Lipinski definition) is 1. The lowest BCUT2D eigenvalue weighted by atomic mass is 10.1. The Balaban J connectivity index is 1.94. The van der Waals surface area contributed by atoms with E-state index in [1.54, 1.807) is 18.6 Å². The zero-order valence-corrected chi connectivity index (χ0v) is 14.1. The number of anilines is 1. The van der Waals surface area contributed by atoms with Crippen LogP contribution in [0.2, 0.25) is 0 Å². The topological polar surface area (TPSA) is 55.6 Å². The molecule has 3 aromatic rings. The van der Waals surface area contributed by atoms with Crippen molar-refractivity contribution in [3.63, 3.8) is 0 Å². The Morgan fingerprint density at radius 2 is 2.04 bits per heavy atom. The molecule has 0 amide bonds. The lowest BCUT2D eigenvalue weighted by Gasteiger charge is -2.10. The molecule has 0 bridgehead atoms. The molecule has 5 nitrogen and oxygen atoms in total. The maximum atomic E-state index is 4.86. The van der Waals surface area contributed by atoms with E-state index in [1.165, 1.54) is 5.56 Å².